The molecule has 2 aliphatic rings. The Balaban J connectivity index is 1.45. The predicted octanol–water partition coefficient (Wildman–Crippen LogP) is 5.77. The molecule has 0 aliphatic carbocycles. The summed E-state index contributed by atoms with van der Waals surface area (Å²) in [4.78, 5) is 28.4. The fraction of sp³-hybridized carbons (Fsp3) is 0.250. The van der Waals surface area contributed by atoms with Gasteiger partial charge in [-0.25, -0.2) is 0 Å². The molecule has 1 saturated heterocycles. The summed E-state index contributed by atoms with van der Waals surface area (Å²) in [5.74, 6) is -0.162. The first-order chi connectivity index (χ1) is 20.3. The molecule has 3 aromatic carbocycles. The van der Waals surface area contributed by atoms with E-state index >= 15 is 0 Å². The summed E-state index contributed by atoms with van der Waals surface area (Å²) in [6, 6.07) is 19.3. The summed E-state index contributed by atoms with van der Waals surface area (Å²) in [6.45, 7) is 6.31. The zero-order chi connectivity index (χ0) is 29.4. The number of aliphatic hydroxyl groups excluding tert-OH is 1. The van der Waals surface area contributed by atoms with Crippen molar-refractivity contribution in [3.05, 3.63) is 99.6 Å². The molecule has 0 saturated carbocycles. The van der Waals surface area contributed by atoms with Gasteiger partial charge in [0.05, 0.1) is 18.2 Å². The van der Waals surface area contributed by atoms with E-state index in [9.17, 15) is 14.7 Å². The van der Waals surface area contributed by atoms with Crippen molar-refractivity contribution in [2.45, 2.75) is 45.9 Å². The Morgan fingerprint density at radius 2 is 1.86 bits per heavy atom. The molecule has 42 heavy (non-hydrogen) atoms. The molecule has 0 bridgehead atoms. The van der Waals surface area contributed by atoms with Crippen LogP contribution >= 0.6 is 11.3 Å². The first kappa shape index (κ1) is 27.5. The van der Waals surface area contributed by atoms with Gasteiger partial charge in [0.1, 0.15) is 29.2 Å². The summed E-state index contributed by atoms with van der Waals surface area (Å²) in [6.07, 6.45) is 0.698. The molecule has 3 heterocycles. The number of anilines is 1. The second-order valence-corrected chi connectivity index (χ2v) is 11.3. The molecule has 2 aliphatic heterocycles. The zero-order valence-corrected chi connectivity index (χ0v) is 24.2. The van der Waals surface area contributed by atoms with E-state index in [1.54, 1.807) is 43.3 Å². The molecule has 1 N–H and O–H groups in total. The van der Waals surface area contributed by atoms with Crippen LogP contribution in [0.5, 0.6) is 17.2 Å². The number of rotatable bonds is 8. The molecule has 0 radical (unpaired) electrons. The minimum absolute atomic E-state index is 0.0169. The summed E-state index contributed by atoms with van der Waals surface area (Å²) >= 11 is 1.19. The predicted molar refractivity (Wildman–Crippen MR) is 158 cm³/mol. The number of carbonyl (C=O) groups is 2. The number of aliphatic hydroxyl groups is 1. The van der Waals surface area contributed by atoms with Gasteiger partial charge in [-0.1, -0.05) is 47.7 Å². The number of ketones is 1. The highest BCUT2D eigenvalue weighted by Gasteiger charge is 2.48. The third kappa shape index (κ3) is 5.09. The van der Waals surface area contributed by atoms with E-state index in [0.717, 1.165) is 16.9 Å². The molecule has 1 aromatic heterocycles. The minimum Gasteiger partial charge on any atom is -0.507 e. The van der Waals surface area contributed by atoms with Crippen molar-refractivity contribution in [1.29, 1.82) is 0 Å². The van der Waals surface area contributed by atoms with Crippen molar-refractivity contribution in [1.82, 2.24) is 10.2 Å². The number of ether oxygens (including phenoxy) is 3. The van der Waals surface area contributed by atoms with Crippen molar-refractivity contribution in [2.24, 2.45) is 0 Å². The van der Waals surface area contributed by atoms with Crippen LogP contribution in [-0.4, -0.2) is 39.7 Å². The highest BCUT2D eigenvalue weighted by atomic mass is 32.1. The standard InChI is InChI=1S/C32H29N3O6S/c1-4-39-26-16-21(10-13-25(26)40-17-20-8-6-5-7-9-20)28-27(30(37)31(38)35(28)32-34-33-19(3)42-32)29(36)22-11-12-24-23(15-22)14-18(2)41-24/h5-13,15-16,18,28,36H,4,14,17H2,1-3H3. The lowest BCUT2D eigenvalue weighted by molar-refractivity contribution is -0.132. The van der Waals surface area contributed by atoms with E-state index in [1.165, 1.54) is 16.2 Å². The van der Waals surface area contributed by atoms with E-state index in [4.69, 9.17) is 14.2 Å². The first-order valence-electron chi connectivity index (χ1n) is 13.7. The number of Topliss-reactive ketones (excluding diaryl/α,β-unsaturated/α-hetero) is 1. The molecular formula is C32H29N3O6S. The van der Waals surface area contributed by atoms with E-state index in [2.05, 4.69) is 10.2 Å². The van der Waals surface area contributed by atoms with Crippen molar-refractivity contribution < 1.29 is 28.9 Å². The first-order valence-corrected chi connectivity index (χ1v) is 14.5. The van der Waals surface area contributed by atoms with Gasteiger partial charge in [-0.15, -0.1) is 10.2 Å². The Morgan fingerprint density at radius 3 is 2.60 bits per heavy atom. The summed E-state index contributed by atoms with van der Waals surface area (Å²) in [5, 5.41) is 20.7. The van der Waals surface area contributed by atoms with Crippen LogP contribution in [0.15, 0.2) is 72.3 Å². The van der Waals surface area contributed by atoms with Crippen molar-refractivity contribution in [3.8, 4) is 17.2 Å². The molecule has 4 aromatic rings. The number of benzene rings is 3. The van der Waals surface area contributed by atoms with Gasteiger partial charge in [0.25, 0.3) is 5.78 Å². The molecular weight excluding hydrogens is 554 g/mol. The van der Waals surface area contributed by atoms with Crippen LogP contribution in [0.1, 0.15) is 47.2 Å². The van der Waals surface area contributed by atoms with Crippen LogP contribution in [0.25, 0.3) is 5.76 Å². The number of hydrogen-bond donors (Lipinski definition) is 1. The number of nitrogens with zero attached hydrogens (tertiary/aromatic N) is 3. The minimum atomic E-state index is -0.969. The fourth-order valence-corrected chi connectivity index (χ4v) is 5.99. The lowest BCUT2D eigenvalue weighted by atomic mass is 9.94. The van der Waals surface area contributed by atoms with E-state index < -0.39 is 17.7 Å². The number of aromatic nitrogens is 2. The molecule has 2 unspecified atom stereocenters. The van der Waals surface area contributed by atoms with Gasteiger partial charge in [-0.2, -0.15) is 0 Å². The Hall–Kier alpha value is -4.70. The lowest BCUT2D eigenvalue weighted by Gasteiger charge is -2.24. The van der Waals surface area contributed by atoms with Crippen LogP contribution in [0.4, 0.5) is 5.13 Å². The maximum Gasteiger partial charge on any atom is 0.301 e. The van der Waals surface area contributed by atoms with E-state index in [1.807, 2.05) is 44.2 Å². The Bertz CT molecular complexity index is 1700. The van der Waals surface area contributed by atoms with Gasteiger partial charge in [0, 0.05) is 12.0 Å². The summed E-state index contributed by atoms with van der Waals surface area (Å²) in [5.41, 5.74) is 2.86. The van der Waals surface area contributed by atoms with Gasteiger partial charge in [0.15, 0.2) is 11.5 Å². The third-order valence-electron chi connectivity index (χ3n) is 7.16. The van der Waals surface area contributed by atoms with Crippen molar-refractivity contribution in [2.75, 3.05) is 11.5 Å². The third-order valence-corrected chi connectivity index (χ3v) is 7.99. The summed E-state index contributed by atoms with van der Waals surface area (Å²) in [7, 11) is 0. The monoisotopic (exact) mass is 583 g/mol. The smallest absolute Gasteiger partial charge is 0.301 e. The van der Waals surface area contributed by atoms with Gasteiger partial charge in [-0.05, 0) is 67.8 Å². The Labute approximate surface area is 247 Å². The quantitative estimate of drug-likeness (QED) is 0.158. The molecule has 9 nitrogen and oxygen atoms in total. The Kier molecular flexibility index (Phi) is 7.38. The average molecular weight is 584 g/mol. The van der Waals surface area contributed by atoms with Gasteiger partial charge < -0.3 is 19.3 Å². The van der Waals surface area contributed by atoms with Gasteiger partial charge in [0.2, 0.25) is 5.13 Å². The van der Waals surface area contributed by atoms with E-state index in [-0.39, 0.29) is 22.6 Å². The van der Waals surface area contributed by atoms with Crippen LogP contribution in [-0.2, 0) is 22.6 Å². The molecule has 1 amide bonds. The Morgan fingerprint density at radius 1 is 1.05 bits per heavy atom. The number of amides is 1. The maximum absolute atomic E-state index is 13.6. The van der Waals surface area contributed by atoms with Crippen LogP contribution < -0.4 is 19.1 Å². The SMILES string of the molecule is CCOc1cc(C2C(=C(O)c3ccc4c(c3)CC(C)O4)C(=O)C(=O)N2c2nnc(C)s2)ccc1OCc1ccccc1. The number of carbonyl (C=O) groups excluding carboxylic acids is 2. The van der Waals surface area contributed by atoms with Crippen molar-refractivity contribution in [3.63, 3.8) is 0 Å². The number of fused-ring (bicyclic) bond motifs is 1. The normalized spacial score (nSPS) is 19.1. The largest absolute Gasteiger partial charge is 0.507 e. The zero-order valence-electron chi connectivity index (χ0n) is 23.4. The molecule has 0 spiro atoms. The molecule has 6 rings (SSSR count). The molecule has 1 fully saturated rings. The molecule has 214 valence electrons. The second-order valence-electron chi connectivity index (χ2n) is 10.1. The summed E-state index contributed by atoms with van der Waals surface area (Å²) < 4.78 is 17.8. The highest BCUT2D eigenvalue weighted by Crippen LogP contribution is 2.45. The van der Waals surface area contributed by atoms with Gasteiger partial charge in [-0.3, -0.25) is 14.5 Å². The topological polar surface area (TPSA) is 111 Å². The maximum atomic E-state index is 13.6. The van der Waals surface area contributed by atoms with Crippen LogP contribution in [0.3, 0.4) is 0 Å². The van der Waals surface area contributed by atoms with E-state index in [0.29, 0.717) is 47.3 Å². The number of aryl methyl sites for hydroxylation is 1. The molecule has 10 heteroatoms. The van der Waals surface area contributed by atoms with Crippen LogP contribution in [0, 0.1) is 6.92 Å². The second kappa shape index (κ2) is 11.3. The lowest BCUT2D eigenvalue weighted by Crippen LogP contribution is -2.29. The van der Waals surface area contributed by atoms with Gasteiger partial charge >= 0.3 is 5.91 Å². The number of hydrogen-bond acceptors (Lipinski definition) is 9. The van der Waals surface area contributed by atoms with Crippen LogP contribution in [0.2, 0.25) is 0 Å². The fourth-order valence-electron chi connectivity index (χ4n) is 5.27. The highest BCUT2D eigenvalue weighted by molar-refractivity contribution is 7.15. The molecule has 2 atom stereocenters. The average Bonchev–Trinajstić information content (AvgIpc) is 3.66. The van der Waals surface area contributed by atoms with Crippen molar-refractivity contribution >= 4 is 33.9 Å².